The van der Waals surface area contributed by atoms with Gasteiger partial charge in [0.1, 0.15) is 5.60 Å². The number of esters is 1. The van der Waals surface area contributed by atoms with Gasteiger partial charge in [-0.15, -0.1) is 0 Å². The zero-order valence-corrected chi connectivity index (χ0v) is 15.5. The van der Waals surface area contributed by atoms with Crippen LogP contribution < -0.4 is 5.30 Å². The Hall–Kier alpha value is -1.12. The highest BCUT2D eigenvalue weighted by molar-refractivity contribution is 7.67. The fourth-order valence-corrected chi connectivity index (χ4v) is 4.30. The third-order valence-electron chi connectivity index (χ3n) is 2.73. The van der Waals surface area contributed by atoms with Crippen LogP contribution in [0.1, 0.15) is 58.8 Å². The molecule has 0 aliphatic rings. The monoisotopic (exact) mass is 326 g/mol. The summed E-state index contributed by atoms with van der Waals surface area (Å²) in [6.07, 6.45) is 0.323. The van der Waals surface area contributed by atoms with Crippen molar-refractivity contribution in [3.63, 3.8) is 0 Å². The molecule has 1 rings (SSSR count). The van der Waals surface area contributed by atoms with E-state index in [1.807, 2.05) is 20.8 Å². The molecule has 0 N–H and O–H groups in total. The van der Waals surface area contributed by atoms with Gasteiger partial charge in [0.15, 0.2) is 0 Å². The van der Waals surface area contributed by atoms with Crippen molar-refractivity contribution >= 4 is 18.6 Å². The number of hydrogen-bond acceptors (Lipinski definition) is 4. The first kappa shape index (κ1) is 18.9. The van der Waals surface area contributed by atoms with E-state index in [-0.39, 0.29) is 0 Å². The molecule has 0 spiro atoms. The Morgan fingerprint density at radius 1 is 1.05 bits per heavy atom. The lowest BCUT2D eigenvalue weighted by molar-refractivity contribution is 0.00704. The number of carbonyl (C=O) groups excluding carboxylic acids is 1. The molecule has 0 aromatic heterocycles. The van der Waals surface area contributed by atoms with Gasteiger partial charge in [0.2, 0.25) is 7.37 Å². The first-order valence-electron chi connectivity index (χ1n) is 7.51. The largest absolute Gasteiger partial charge is 0.456 e. The van der Waals surface area contributed by atoms with Crippen LogP contribution in [0, 0.1) is 0 Å². The minimum absolute atomic E-state index is 0.312. The average molecular weight is 326 g/mol. The number of carbonyl (C=O) groups is 1. The van der Waals surface area contributed by atoms with E-state index >= 15 is 0 Å². The highest BCUT2D eigenvalue weighted by atomic mass is 31.2. The summed E-state index contributed by atoms with van der Waals surface area (Å²) in [6.45, 7) is 12.8. The second-order valence-corrected chi connectivity index (χ2v) is 9.86. The minimum atomic E-state index is -3.13. The van der Waals surface area contributed by atoms with Crippen molar-refractivity contribution in [2.24, 2.45) is 0 Å². The quantitative estimate of drug-likeness (QED) is 0.608. The van der Waals surface area contributed by atoms with Gasteiger partial charge in [-0.05, 0) is 53.7 Å². The topological polar surface area (TPSA) is 52.6 Å². The summed E-state index contributed by atoms with van der Waals surface area (Å²) >= 11 is 0. The second kappa shape index (κ2) is 6.55. The lowest BCUT2D eigenvalue weighted by Gasteiger charge is -2.28. The van der Waals surface area contributed by atoms with E-state index in [2.05, 4.69) is 0 Å². The van der Waals surface area contributed by atoms with Crippen molar-refractivity contribution < 1.29 is 18.6 Å². The molecule has 0 amide bonds. The van der Waals surface area contributed by atoms with E-state index in [1.54, 1.807) is 52.0 Å². The highest BCUT2D eigenvalue weighted by Gasteiger charge is 2.34. The van der Waals surface area contributed by atoms with Gasteiger partial charge < -0.3 is 9.26 Å². The first-order valence-corrected chi connectivity index (χ1v) is 9.32. The summed E-state index contributed by atoms with van der Waals surface area (Å²) in [4.78, 5) is 12.4. The number of hydrogen-bond donors (Lipinski definition) is 0. The van der Waals surface area contributed by atoms with Crippen LogP contribution in [0.5, 0.6) is 0 Å². The van der Waals surface area contributed by atoms with Crippen LogP contribution in [0.4, 0.5) is 0 Å². The molecule has 0 bridgehead atoms. The molecule has 4 nitrogen and oxygen atoms in total. The van der Waals surface area contributed by atoms with Crippen LogP contribution in [0.2, 0.25) is 0 Å². The maximum atomic E-state index is 13.3. The summed E-state index contributed by atoms with van der Waals surface area (Å²) in [5.74, 6) is -0.478. The molecule has 5 heteroatoms. The molecule has 0 saturated heterocycles. The standard InChI is InChI=1S/C17H27O4P/c1-8-22(19,21-17(5,6)7)14-12-10-9-11-13(14)15(18)20-16(2,3)4/h9-12H,8H2,1-7H3. The molecule has 22 heavy (non-hydrogen) atoms. The summed E-state index contributed by atoms with van der Waals surface area (Å²) in [6, 6.07) is 6.82. The normalized spacial score (nSPS) is 15.2. The summed E-state index contributed by atoms with van der Waals surface area (Å²) in [7, 11) is -3.13. The number of rotatable bonds is 4. The average Bonchev–Trinajstić information content (AvgIpc) is 2.34. The molecule has 0 aliphatic carbocycles. The van der Waals surface area contributed by atoms with Crippen LogP contribution in [-0.2, 0) is 13.8 Å². The van der Waals surface area contributed by atoms with Gasteiger partial charge in [-0.1, -0.05) is 19.1 Å². The molecule has 0 heterocycles. The van der Waals surface area contributed by atoms with Gasteiger partial charge in [-0.25, -0.2) is 4.79 Å². The van der Waals surface area contributed by atoms with Gasteiger partial charge in [-0.2, -0.15) is 0 Å². The Morgan fingerprint density at radius 3 is 2.05 bits per heavy atom. The van der Waals surface area contributed by atoms with Crippen LogP contribution >= 0.6 is 7.37 Å². The van der Waals surface area contributed by atoms with E-state index in [9.17, 15) is 9.36 Å². The minimum Gasteiger partial charge on any atom is -0.456 e. The SMILES string of the molecule is CCP(=O)(OC(C)(C)C)c1ccccc1C(=O)OC(C)(C)C. The van der Waals surface area contributed by atoms with Gasteiger partial charge >= 0.3 is 5.97 Å². The van der Waals surface area contributed by atoms with Gasteiger partial charge in [0.05, 0.1) is 16.5 Å². The van der Waals surface area contributed by atoms with Crippen molar-refractivity contribution in [2.75, 3.05) is 6.16 Å². The molecule has 124 valence electrons. The molecule has 1 unspecified atom stereocenters. The maximum Gasteiger partial charge on any atom is 0.339 e. The van der Waals surface area contributed by atoms with Crippen LogP contribution in [0.3, 0.4) is 0 Å². The maximum absolute atomic E-state index is 13.3. The fourth-order valence-electron chi connectivity index (χ4n) is 2.00. The van der Waals surface area contributed by atoms with E-state index < -0.39 is 24.5 Å². The second-order valence-electron chi connectivity index (χ2n) is 7.21. The van der Waals surface area contributed by atoms with Crippen LogP contribution in [-0.4, -0.2) is 23.3 Å². The molecule has 1 aromatic carbocycles. The third-order valence-corrected chi connectivity index (χ3v) is 5.53. The van der Waals surface area contributed by atoms with E-state index in [0.29, 0.717) is 17.0 Å². The van der Waals surface area contributed by atoms with Crippen LogP contribution in [0.15, 0.2) is 24.3 Å². The number of benzene rings is 1. The molecule has 0 aliphatic heterocycles. The Morgan fingerprint density at radius 2 is 1.59 bits per heavy atom. The Labute approximate surface area is 133 Å². The highest BCUT2D eigenvalue weighted by Crippen LogP contribution is 2.49. The van der Waals surface area contributed by atoms with Crippen molar-refractivity contribution in [3.8, 4) is 0 Å². The van der Waals surface area contributed by atoms with Gasteiger partial charge in [0.25, 0.3) is 0 Å². The molecule has 1 atom stereocenters. The van der Waals surface area contributed by atoms with Gasteiger partial charge in [-0.3, -0.25) is 4.57 Å². The summed E-state index contributed by atoms with van der Waals surface area (Å²) in [5.41, 5.74) is -0.857. The predicted octanol–water partition coefficient (Wildman–Crippen LogP) is 4.38. The summed E-state index contributed by atoms with van der Waals surface area (Å²) in [5, 5.41) is 0.432. The van der Waals surface area contributed by atoms with Crippen LogP contribution in [0.25, 0.3) is 0 Å². The van der Waals surface area contributed by atoms with E-state index in [0.717, 1.165) is 0 Å². The number of ether oxygens (including phenoxy) is 1. The third kappa shape index (κ3) is 5.26. The Kier molecular flexibility index (Phi) is 5.64. The molecule has 1 aromatic rings. The van der Waals surface area contributed by atoms with Crippen molar-refractivity contribution in [3.05, 3.63) is 29.8 Å². The lowest BCUT2D eigenvalue weighted by Crippen LogP contribution is -2.29. The zero-order valence-electron chi connectivity index (χ0n) is 14.6. The predicted molar refractivity (Wildman–Crippen MR) is 90.2 cm³/mol. The zero-order chi connectivity index (χ0) is 17.2. The van der Waals surface area contributed by atoms with E-state index in [4.69, 9.17) is 9.26 Å². The van der Waals surface area contributed by atoms with Crippen molar-refractivity contribution in [1.29, 1.82) is 0 Å². The van der Waals surface area contributed by atoms with Crippen molar-refractivity contribution in [2.45, 2.75) is 59.7 Å². The molecule has 0 radical (unpaired) electrons. The van der Waals surface area contributed by atoms with Gasteiger partial charge in [0, 0.05) is 6.16 Å². The first-order chi connectivity index (χ1) is 9.88. The Bertz CT molecular complexity index is 579. The fraction of sp³-hybridized carbons (Fsp3) is 0.588. The smallest absolute Gasteiger partial charge is 0.339 e. The molecule has 0 saturated carbocycles. The molecular weight excluding hydrogens is 299 g/mol. The molecular formula is C17H27O4P. The summed E-state index contributed by atoms with van der Waals surface area (Å²) < 4.78 is 24.5. The van der Waals surface area contributed by atoms with E-state index in [1.165, 1.54) is 0 Å². The molecule has 0 fully saturated rings. The Balaban J connectivity index is 3.30. The lowest BCUT2D eigenvalue weighted by atomic mass is 10.1. The van der Waals surface area contributed by atoms with Crippen molar-refractivity contribution in [1.82, 2.24) is 0 Å².